The first-order valence-corrected chi connectivity index (χ1v) is 21.2. The third-order valence-electron chi connectivity index (χ3n) is 10.8. The van der Waals surface area contributed by atoms with Crippen LogP contribution in [0.3, 0.4) is 0 Å². The number of hydrogen-bond donors (Lipinski definition) is 4. The fourth-order valence-electron chi connectivity index (χ4n) is 7.22. The monoisotopic (exact) mass is 797 g/mol. The van der Waals surface area contributed by atoms with E-state index in [-0.39, 0.29) is 31.0 Å². The summed E-state index contributed by atoms with van der Waals surface area (Å²) in [6.45, 7) is 17.1. The van der Waals surface area contributed by atoms with Gasteiger partial charge < -0.3 is 26.2 Å². The number of piperidine rings is 1. The number of likely N-dealkylation sites (N-methyl/N-ethyl adjacent to an activating group) is 1. The molecule has 55 heavy (non-hydrogen) atoms. The van der Waals surface area contributed by atoms with Gasteiger partial charge in [0.2, 0.25) is 34.2 Å². The smallest absolute Gasteiger partial charge is 0.315 e. The number of carbonyl (C=O) groups is 4. The molecule has 0 aliphatic carbocycles. The number of likely N-dealkylation sites (tertiary alicyclic amines) is 2. The van der Waals surface area contributed by atoms with Crippen LogP contribution in [0.4, 0.5) is 13.6 Å². The largest absolute Gasteiger partial charge is 0.351 e. The van der Waals surface area contributed by atoms with Crippen LogP contribution in [-0.2, 0) is 31.0 Å². The highest BCUT2D eigenvalue weighted by Gasteiger charge is 2.48. The second kappa shape index (κ2) is 19.2. The van der Waals surface area contributed by atoms with E-state index in [0.717, 1.165) is 30.2 Å². The number of benzene rings is 1. The predicted molar refractivity (Wildman–Crippen MR) is 210 cm³/mol. The molecule has 5 amide bonds. The van der Waals surface area contributed by atoms with Crippen LogP contribution in [0.15, 0.2) is 30.3 Å². The molecule has 0 radical (unpaired) electrons. The van der Waals surface area contributed by atoms with Crippen LogP contribution in [0, 0.1) is 22.7 Å². The summed E-state index contributed by atoms with van der Waals surface area (Å²) in [5.74, 6) is -2.31. The Labute approximate surface area is 327 Å². The molecular formula is C39H65F2N7O6S. The number of rotatable bonds is 15. The fourth-order valence-corrected chi connectivity index (χ4v) is 7.64. The van der Waals surface area contributed by atoms with Crippen LogP contribution in [-0.4, -0.2) is 122 Å². The van der Waals surface area contributed by atoms with Crippen LogP contribution >= 0.6 is 0 Å². The molecule has 13 nitrogen and oxygen atoms in total. The Morgan fingerprint density at radius 3 is 2.00 bits per heavy atom. The second-order valence-electron chi connectivity index (χ2n) is 17.8. The molecule has 4 N–H and O–H groups in total. The molecule has 2 heterocycles. The molecule has 1 aromatic rings. The first-order valence-electron chi connectivity index (χ1n) is 19.3. The lowest BCUT2D eigenvalue weighted by atomic mass is 9.84. The van der Waals surface area contributed by atoms with Gasteiger partial charge in [0.15, 0.2) is 0 Å². The predicted octanol–water partition coefficient (Wildman–Crippen LogP) is 3.80. The SMILES string of the molecule is CC(C)C1CCN(C(=O)[C@@H](NC(=O)N[C@H](CN(C)S(C)(=O)=O)C(C)(C)C)C(C)(C)C)[C@@H]1C(=O)N[C@@H](CC(F)F)C(=O)NC1CCN(Cc2ccccc2)CC1. The fraction of sp³-hybridized carbons (Fsp3) is 0.744. The van der Waals surface area contributed by atoms with Gasteiger partial charge in [-0.05, 0) is 47.5 Å². The summed E-state index contributed by atoms with van der Waals surface area (Å²) >= 11 is 0. The third-order valence-corrected chi connectivity index (χ3v) is 12.1. The van der Waals surface area contributed by atoms with Crippen molar-refractivity contribution in [3.8, 4) is 0 Å². The molecule has 1 aromatic carbocycles. The number of amides is 5. The normalized spacial score (nSPS) is 20.7. The van der Waals surface area contributed by atoms with E-state index in [4.69, 9.17) is 0 Å². The van der Waals surface area contributed by atoms with Gasteiger partial charge in [-0.25, -0.2) is 26.3 Å². The molecule has 16 heteroatoms. The number of sulfonamides is 1. The standard InChI is InChI=1S/C39H65F2N7O6S/c1-25(2)28-18-21-48(36(51)33(39(6,7)8)45-37(52)44-30(38(3,4)5)24-46(9)55(10,53)54)32(28)35(50)43-29(22-31(40)41)34(49)42-27-16-19-47(20-17-27)23-26-14-12-11-13-15-26/h11-15,25,27-33H,16-24H2,1-10H3,(H,42,49)(H,43,50)(H2,44,45,52)/t28?,29-,30+,32-,33+/m0/s1. The number of carbonyl (C=O) groups excluding carboxylic acids is 4. The Bertz CT molecular complexity index is 1560. The number of halogens is 2. The Kier molecular flexibility index (Phi) is 16.0. The Morgan fingerprint density at radius 2 is 1.49 bits per heavy atom. The Balaban J connectivity index is 1.76. The van der Waals surface area contributed by atoms with Crippen LogP contribution in [0.5, 0.6) is 0 Å². The van der Waals surface area contributed by atoms with Gasteiger partial charge in [0.25, 0.3) is 0 Å². The van der Waals surface area contributed by atoms with E-state index >= 15 is 0 Å². The summed E-state index contributed by atoms with van der Waals surface area (Å²) in [5, 5.41) is 11.1. The molecular weight excluding hydrogens is 733 g/mol. The van der Waals surface area contributed by atoms with Gasteiger partial charge in [-0.3, -0.25) is 19.3 Å². The highest BCUT2D eigenvalue weighted by atomic mass is 32.2. The molecule has 2 aliphatic heterocycles. The van der Waals surface area contributed by atoms with Crippen molar-refractivity contribution in [1.82, 2.24) is 35.4 Å². The number of nitrogens with one attached hydrogen (secondary N) is 4. The van der Waals surface area contributed by atoms with Gasteiger partial charge in [0.1, 0.15) is 18.1 Å². The molecule has 5 atom stereocenters. The first kappa shape index (κ1) is 46.0. The number of urea groups is 1. The molecule has 2 aliphatic rings. The van der Waals surface area contributed by atoms with Gasteiger partial charge in [-0.1, -0.05) is 85.7 Å². The van der Waals surface area contributed by atoms with Crippen LogP contribution in [0.2, 0.25) is 0 Å². The van der Waals surface area contributed by atoms with Crippen molar-refractivity contribution < 1.29 is 36.4 Å². The summed E-state index contributed by atoms with van der Waals surface area (Å²) in [6, 6.07) is 4.80. The average Bonchev–Trinajstić information content (AvgIpc) is 3.52. The molecule has 0 aromatic heterocycles. The average molecular weight is 798 g/mol. The maximum atomic E-state index is 14.4. The van der Waals surface area contributed by atoms with E-state index in [1.54, 1.807) is 20.8 Å². The van der Waals surface area contributed by atoms with E-state index in [1.165, 1.54) is 17.5 Å². The molecule has 0 spiro atoms. The number of nitrogens with zero attached hydrogens (tertiary/aromatic N) is 3. The van der Waals surface area contributed by atoms with Crippen molar-refractivity contribution in [1.29, 1.82) is 0 Å². The minimum atomic E-state index is -3.54. The zero-order valence-corrected chi connectivity index (χ0v) is 35.1. The lowest BCUT2D eigenvalue weighted by Crippen LogP contribution is -2.62. The van der Waals surface area contributed by atoms with Gasteiger partial charge in [0.05, 0.1) is 6.26 Å². The third kappa shape index (κ3) is 13.7. The Hall–Kier alpha value is -3.37. The second-order valence-corrected chi connectivity index (χ2v) is 19.9. The highest BCUT2D eigenvalue weighted by molar-refractivity contribution is 7.88. The summed E-state index contributed by atoms with van der Waals surface area (Å²) in [7, 11) is -2.12. The van der Waals surface area contributed by atoms with Crippen molar-refractivity contribution >= 4 is 33.8 Å². The van der Waals surface area contributed by atoms with E-state index in [1.807, 2.05) is 52.8 Å². The molecule has 3 rings (SSSR count). The summed E-state index contributed by atoms with van der Waals surface area (Å²) < 4.78 is 53.2. The van der Waals surface area contributed by atoms with Gasteiger partial charge in [-0.2, -0.15) is 0 Å². The summed E-state index contributed by atoms with van der Waals surface area (Å²) in [6.07, 6.45) is -0.946. The van der Waals surface area contributed by atoms with Crippen molar-refractivity contribution in [2.24, 2.45) is 22.7 Å². The van der Waals surface area contributed by atoms with Crippen molar-refractivity contribution in [3.63, 3.8) is 0 Å². The number of alkyl halides is 2. The van der Waals surface area contributed by atoms with Crippen molar-refractivity contribution in [3.05, 3.63) is 35.9 Å². The molecule has 2 fully saturated rings. The van der Waals surface area contributed by atoms with E-state index in [2.05, 4.69) is 38.3 Å². The zero-order chi connectivity index (χ0) is 41.5. The maximum Gasteiger partial charge on any atom is 0.315 e. The number of hydrogen-bond acceptors (Lipinski definition) is 7. The first-order chi connectivity index (χ1) is 25.4. The lowest BCUT2D eigenvalue weighted by Gasteiger charge is -2.38. The Morgan fingerprint density at radius 1 is 0.891 bits per heavy atom. The highest BCUT2D eigenvalue weighted by Crippen LogP contribution is 2.34. The van der Waals surface area contributed by atoms with Gasteiger partial charge in [0, 0.05) is 58.3 Å². The van der Waals surface area contributed by atoms with Gasteiger partial charge in [-0.15, -0.1) is 0 Å². The van der Waals surface area contributed by atoms with Crippen LogP contribution in [0.25, 0.3) is 0 Å². The quantitative estimate of drug-likeness (QED) is 0.210. The topological polar surface area (TPSA) is 160 Å². The van der Waals surface area contributed by atoms with E-state index < -0.39 is 81.6 Å². The zero-order valence-electron chi connectivity index (χ0n) is 34.3. The molecule has 0 saturated carbocycles. The molecule has 2 saturated heterocycles. The van der Waals surface area contributed by atoms with Crippen LogP contribution < -0.4 is 21.3 Å². The van der Waals surface area contributed by atoms with Crippen molar-refractivity contribution in [2.75, 3.05) is 39.5 Å². The molecule has 312 valence electrons. The minimum absolute atomic E-state index is 0.00483. The molecule has 0 bridgehead atoms. The lowest BCUT2D eigenvalue weighted by molar-refractivity contribution is -0.144. The van der Waals surface area contributed by atoms with Gasteiger partial charge >= 0.3 is 6.03 Å². The van der Waals surface area contributed by atoms with Crippen LogP contribution in [0.1, 0.15) is 86.6 Å². The summed E-state index contributed by atoms with van der Waals surface area (Å²) in [4.78, 5) is 59.2. The van der Waals surface area contributed by atoms with E-state index in [0.29, 0.717) is 19.3 Å². The maximum absolute atomic E-state index is 14.4. The molecule has 1 unspecified atom stereocenters. The minimum Gasteiger partial charge on any atom is -0.351 e. The van der Waals surface area contributed by atoms with E-state index in [9.17, 15) is 36.4 Å². The van der Waals surface area contributed by atoms with Crippen molar-refractivity contribution in [2.45, 2.75) is 124 Å². The summed E-state index contributed by atoms with van der Waals surface area (Å²) in [5.41, 5.74) is -0.206.